The topological polar surface area (TPSA) is 58.6 Å². The van der Waals surface area contributed by atoms with E-state index in [1.807, 2.05) is 20.0 Å². The number of carboxylic acid groups (broad SMARTS) is 1. The molecule has 3 atom stereocenters. The van der Waals surface area contributed by atoms with E-state index in [2.05, 4.69) is 18.3 Å². The highest BCUT2D eigenvalue weighted by Gasteiger charge is 2.48. The second-order valence-corrected chi connectivity index (χ2v) is 5.29. The molecular formula is C15H21NO3. The van der Waals surface area contributed by atoms with Gasteiger partial charge in [0.05, 0.1) is 13.0 Å². The van der Waals surface area contributed by atoms with E-state index in [-0.39, 0.29) is 17.9 Å². The summed E-state index contributed by atoms with van der Waals surface area (Å²) in [5.41, 5.74) is 3.44. The van der Waals surface area contributed by atoms with Gasteiger partial charge in [-0.2, -0.15) is 0 Å². The molecule has 0 amide bonds. The minimum absolute atomic E-state index is 0.0374. The van der Waals surface area contributed by atoms with Crippen molar-refractivity contribution < 1.29 is 14.6 Å². The van der Waals surface area contributed by atoms with E-state index in [1.165, 1.54) is 11.1 Å². The summed E-state index contributed by atoms with van der Waals surface area (Å²) >= 11 is 0. The van der Waals surface area contributed by atoms with Gasteiger partial charge >= 0.3 is 5.97 Å². The number of carbonyl (C=O) groups is 1. The first-order valence-corrected chi connectivity index (χ1v) is 6.54. The number of rotatable bonds is 5. The minimum Gasteiger partial charge on any atom is -0.496 e. The van der Waals surface area contributed by atoms with Crippen molar-refractivity contribution in [3.8, 4) is 5.75 Å². The molecule has 4 heteroatoms. The lowest BCUT2D eigenvalue weighted by Crippen LogP contribution is -2.21. The van der Waals surface area contributed by atoms with Crippen LogP contribution in [0.15, 0.2) is 12.1 Å². The van der Waals surface area contributed by atoms with Gasteiger partial charge in [-0.3, -0.25) is 4.79 Å². The highest BCUT2D eigenvalue weighted by molar-refractivity contribution is 5.73. The van der Waals surface area contributed by atoms with Gasteiger partial charge in [0, 0.05) is 11.6 Å². The minimum atomic E-state index is -0.701. The average molecular weight is 263 g/mol. The molecule has 0 aliphatic heterocycles. The number of methoxy groups -OCH3 is 1. The van der Waals surface area contributed by atoms with Gasteiger partial charge < -0.3 is 15.2 Å². The van der Waals surface area contributed by atoms with E-state index in [0.29, 0.717) is 0 Å². The van der Waals surface area contributed by atoms with E-state index >= 15 is 0 Å². The summed E-state index contributed by atoms with van der Waals surface area (Å²) < 4.78 is 5.45. The molecule has 1 aromatic rings. The van der Waals surface area contributed by atoms with Crippen molar-refractivity contribution >= 4 is 5.97 Å². The zero-order chi connectivity index (χ0) is 14.2. The zero-order valence-corrected chi connectivity index (χ0v) is 11.9. The highest BCUT2D eigenvalue weighted by Crippen LogP contribution is 2.49. The smallest absolute Gasteiger partial charge is 0.306 e. The van der Waals surface area contributed by atoms with Gasteiger partial charge in [0.1, 0.15) is 5.75 Å². The van der Waals surface area contributed by atoms with Gasteiger partial charge in [-0.25, -0.2) is 0 Å². The Balaban J connectivity index is 2.33. The third-order valence-corrected chi connectivity index (χ3v) is 4.08. The summed E-state index contributed by atoms with van der Waals surface area (Å²) in [6.45, 7) is 4.11. The number of nitrogens with one attached hydrogen (secondary N) is 1. The Bertz CT molecular complexity index is 498. The van der Waals surface area contributed by atoms with Crippen molar-refractivity contribution in [2.75, 3.05) is 14.2 Å². The number of aryl methyl sites for hydroxylation is 2. The Morgan fingerprint density at radius 3 is 2.53 bits per heavy atom. The maximum absolute atomic E-state index is 11.0. The molecule has 1 aliphatic rings. The molecule has 0 spiro atoms. The molecule has 0 bridgehead atoms. The van der Waals surface area contributed by atoms with Crippen LogP contribution in [0.5, 0.6) is 5.75 Å². The molecular weight excluding hydrogens is 242 g/mol. The zero-order valence-electron chi connectivity index (χ0n) is 11.9. The van der Waals surface area contributed by atoms with Gasteiger partial charge in [0.25, 0.3) is 0 Å². The molecule has 0 saturated heterocycles. The average Bonchev–Trinajstić information content (AvgIpc) is 3.14. The summed E-state index contributed by atoms with van der Waals surface area (Å²) in [6.07, 6.45) is 0.733. The SMILES string of the molecule is CNC(c1cc(C)c(C)cc1OC)C1CC1C(=O)O. The second kappa shape index (κ2) is 5.21. The summed E-state index contributed by atoms with van der Waals surface area (Å²) in [5.74, 6) is 0.0498. The van der Waals surface area contributed by atoms with Crippen LogP contribution < -0.4 is 10.1 Å². The van der Waals surface area contributed by atoms with Gasteiger partial charge in [-0.05, 0) is 50.4 Å². The lowest BCUT2D eigenvalue weighted by atomic mass is 9.96. The number of aliphatic carboxylic acids is 1. The Hall–Kier alpha value is -1.55. The van der Waals surface area contributed by atoms with Gasteiger partial charge in [0.15, 0.2) is 0 Å². The first kappa shape index (κ1) is 13.9. The van der Waals surface area contributed by atoms with Crippen LogP contribution in [-0.2, 0) is 4.79 Å². The summed E-state index contributed by atoms with van der Waals surface area (Å²) in [4.78, 5) is 11.0. The van der Waals surface area contributed by atoms with Crippen LogP contribution in [0.25, 0.3) is 0 Å². The Labute approximate surface area is 113 Å². The van der Waals surface area contributed by atoms with E-state index in [0.717, 1.165) is 17.7 Å². The summed E-state index contributed by atoms with van der Waals surface area (Å²) in [5, 5.41) is 12.3. The number of benzene rings is 1. The summed E-state index contributed by atoms with van der Waals surface area (Å²) in [6, 6.07) is 4.16. The van der Waals surface area contributed by atoms with Crippen LogP contribution in [0.1, 0.15) is 29.2 Å². The van der Waals surface area contributed by atoms with Crippen molar-refractivity contribution in [3.05, 3.63) is 28.8 Å². The fraction of sp³-hybridized carbons (Fsp3) is 0.533. The molecule has 104 valence electrons. The van der Waals surface area contributed by atoms with Gasteiger partial charge in [-0.15, -0.1) is 0 Å². The van der Waals surface area contributed by atoms with Gasteiger partial charge in [-0.1, -0.05) is 6.07 Å². The largest absolute Gasteiger partial charge is 0.496 e. The van der Waals surface area contributed by atoms with Crippen LogP contribution >= 0.6 is 0 Å². The molecule has 2 N–H and O–H groups in total. The Kier molecular flexibility index (Phi) is 3.80. The molecule has 1 saturated carbocycles. The second-order valence-electron chi connectivity index (χ2n) is 5.29. The van der Waals surface area contributed by atoms with Crippen LogP contribution in [0.4, 0.5) is 0 Å². The maximum atomic E-state index is 11.0. The molecule has 1 fully saturated rings. The van der Waals surface area contributed by atoms with E-state index in [4.69, 9.17) is 9.84 Å². The van der Waals surface area contributed by atoms with Crippen molar-refractivity contribution in [2.45, 2.75) is 26.3 Å². The molecule has 0 heterocycles. The van der Waals surface area contributed by atoms with Crippen molar-refractivity contribution in [3.63, 3.8) is 0 Å². The van der Waals surface area contributed by atoms with Crippen molar-refractivity contribution in [1.29, 1.82) is 0 Å². The van der Waals surface area contributed by atoms with E-state index < -0.39 is 5.97 Å². The molecule has 1 aromatic carbocycles. The Morgan fingerprint density at radius 1 is 1.42 bits per heavy atom. The normalized spacial score (nSPS) is 22.9. The molecule has 1 aliphatic carbocycles. The lowest BCUT2D eigenvalue weighted by molar-refractivity contribution is -0.138. The molecule has 0 aromatic heterocycles. The van der Waals surface area contributed by atoms with Gasteiger partial charge in [0.2, 0.25) is 0 Å². The quantitative estimate of drug-likeness (QED) is 0.855. The standard InChI is InChI=1S/C15H21NO3/c1-8-5-12(13(19-4)6-9(8)2)14(16-3)10-7-11(10)15(17)18/h5-6,10-11,14,16H,7H2,1-4H3,(H,17,18). The maximum Gasteiger partial charge on any atom is 0.306 e. The fourth-order valence-electron chi connectivity index (χ4n) is 2.70. The van der Waals surface area contributed by atoms with E-state index in [1.54, 1.807) is 7.11 Å². The van der Waals surface area contributed by atoms with Crippen molar-refractivity contribution in [2.24, 2.45) is 11.8 Å². The van der Waals surface area contributed by atoms with Crippen LogP contribution in [0, 0.1) is 25.7 Å². The van der Waals surface area contributed by atoms with Crippen LogP contribution in [0.3, 0.4) is 0 Å². The first-order chi connectivity index (χ1) is 8.99. The first-order valence-electron chi connectivity index (χ1n) is 6.54. The number of carboxylic acids is 1. The summed E-state index contributed by atoms with van der Waals surface area (Å²) in [7, 11) is 3.53. The molecule has 0 radical (unpaired) electrons. The number of ether oxygens (including phenoxy) is 1. The monoisotopic (exact) mass is 263 g/mol. The third-order valence-electron chi connectivity index (χ3n) is 4.08. The van der Waals surface area contributed by atoms with Crippen molar-refractivity contribution in [1.82, 2.24) is 5.32 Å². The molecule has 4 nitrogen and oxygen atoms in total. The van der Waals surface area contributed by atoms with Crippen LogP contribution in [-0.4, -0.2) is 25.2 Å². The number of hydrogen-bond donors (Lipinski definition) is 2. The molecule has 2 rings (SSSR count). The van der Waals surface area contributed by atoms with E-state index in [9.17, 15) is 4.79 Å². The third kappa shape index (κ3) is 2.59. The molecule has 19 heavy (non-hydrogen) atoms. The van der Waals surface area contributed by atoms with Crippen LogP contribution in [0.2, 0.25) is 0 Å². The number of hydrogen-bond acceptors (Lipinski definition) is 3. The lowest BCUT2D eigenvalue weighted by Gasteiger charge is -2.21. The molecule has 3 unspecified atom stereocenters. The fourth-order valence-corrected chi connectivity index (χ4v) is 2.70. The highest BCUT2D eigenvalue weighted by atomic mass is 16.5. The predicted molar refractivity (Wildman–Crippen MR) is 73.5 cm³/mol. The predicted octanol–water partition coefficient (Wildman–Crippen LogP) is 2.29. The Morgan fingerprint density at radius 2 is 2.05 bits per heavy atom.